The van der Waals surface area contributed by atoms with Crippen LogP contribution in [-0.2, 0) is 6.42 Å². The predicted octanol–water partition coefficient (Wildman–Crippen LogP) is 4.82. The van der Waals surface area contributed by atoms with E-state index in [1.807, 2.05) is 24.3 Å². The third kappa shape index (κ3) is 4.82. The zero-order chi connectivity index (χ0) is 21.8. The van der Waals surface area contributed by atoms with Gasteiger partial charge in [0.15, 0.2) is 5.13 Å². The van der Waals surface area contributed by atoms with E-state index in [0.29, 0.717) is 5.82 Å². The average molecular weight is 442 g/mol. The highest BCUT2D eigenvalue weighted by molar-refractivity contribution is 7.14. The van der Waals surface area contributed by atoms with E-state index in [1.165, 1.54) is 11.1 Å². The molecule has 1 aliphatic rings. The summed E-state index contributed by atoms with van der Waals surface area (Å²) in [5.41, 5.74) is 11.4. The minimum Gasteiger partial charge on any atom is -0.384 e. The van der Waals surface area contributed by atoms with Crippen molar-refractivity contribution in [3.8, 4) is 22.5 Å². The number of hydrogen-bond donors (Lipinski definition) is 1. The number of anilines is 2. The van der Waals surface area contributed by atoms with Crippen LogP contribution in [0.25, 0.3) is 22.5 Å². The normalized spacial score (nSPS) is 14.6. The number of nitrogens with two attached hydrogens (primary N) is 1. The maximum Gasteiger partial charge on any atom is 0.185 e. The van der Waals surface area contributed by atoms with Crippen molar-refractivity contribution in [1.29, 1.82) is 0 Å². The molecule has 0 unspecified atom stereocenters. The molecule has 0 bridgehead atoms. The van der Waals surface area contributed by atoms with Crippen LogP contribution < -0.4 is 10.6 Å². The fourth-order valence-corrected chi connectivity index (χ4v) is 4.94. The third-order valence-corrected chi connectivity index (χ3v) is 6.84. The lowest BCUT2D eigenvalue weighted by Gasteiger charge is -2.34. The smallest absolute Gasteiger partial charge is 0.185 e. The second-order valence-corrected chi connectivity index (χ2v) is 8.94. The van der Waals surface area contributed by atoms with Crippen molar-refractivity contribution in [2.45, 2.75) is 6.42 Å². The summed E-state index contributed by atoms with van der Waals surface area (Å²) in [5.74, 6) is 0.555. The van der Waals surface area contributed by atoms with E-state index < -0.39 is 0 Å². The molecule has 0 aliphatic carbocycles. The Kier molecular flexibility index (Phi) is 6.14. The zero-order valence-corrected chi connectivity index (χ0v) is 18.8. The van der Waals surface area contributed by atoms with Gasteiger partial charge in [0, 0.05) is 49.2 Å². The fourth-order valence-electron chi connectivity index (χ4n) is 4.06. The Morgan fingerprint density at radius 2 is 1.50 bits per heavy atom. The van der Waals surface area contributed by atoms with Crippen LogP contribution in [0.3, 0.4) is 0 Å². The Hall–Kier alpha value is -3.22. The number of nitrogen functional groups attached to an aromatic ring is 1. The number of rotatable bonds is 6. The molecule has 2 N–H and O–H groups in total. The van der Waals surface area contributed by atoms with Crippen molar-refractivity contribution in [3.63, 3.8) is 0 Å². The summed E-state index contributed by atoms with van der Waals surface area (Å²) in [7, 11) is 0. The largest absolute Gasteiger partial charge is 0.384 e. The van der Waals surface area contributed by atoms with Gasteiger partial charge in [-0.25, -0.2) is 9.97 Å². The zero-order valence-electron chi connectivity index (χ0n) is 18.0. The van der Waals surface area contributed by atoms with Crippen LogP contribution in [0.1, 0.15) is 5.56 Å². The second kappa shape index (κ2) is 9.51. The van der Waals surface area contributed by atoms with Gasteiger partial charge in [0.25, 0.3) is 0 Å². The Morgan fingerprint density at radius 3 is 2.25 bits per heavy atom. The van der Waals surface area contributed by atoms with E-state index in [4.69, 9.17) is 10.7 Å². The monoisotopic (exact) mass is 441 g/mol. The van der Waals surface area contributed by atoms with Gasteiger partial charge in [0.1, 0.15) is 5.82 Å². The summed E-state index contributed by atoms with van der Waals surface area (Å²) < 4.78 is 0. The second-order valence-electron chi connectivity index (χ2n) is 8.10. The van der Waals surface area contributed by atoms with Crippen LogP contribution in [0, 0.1) is 0 Å². The Morgan fingerprint density at radius 1 is 0.750 bits per heavy atom. The van der Waals surface area contributed by atoms with Crippen molar-refractivity contribution in [2.24, 2.45) is 0 Å². The van der Waals surface area contributed by atoms with Gasteiger partial charge in [-0.2, -0.15) is 0 Å². The van der Waals surface area contributed by atoms with Gasteiger partial charge in [0.05, 0.1) is 11.4 Å². The van der Waals surface area contributed by atoms with E-state index in [2.05, 4.69) is 68.7 Å². The Labute approximate surface area is 193 Å². The van der Waals surface area contributed by atoms with Gasteiger partial charge in [-0.05, 0) is 24.1 Å². The average Bonchev–Trinajstić information content (AvgIpc) is 3.34. The maximum absolute atomic E-state index is 5.81. The minimum atomic E-state index is 0.555. The lowest BCUT2D eigenvalue weighted by Crippen LogP contribution is -2.46. The molecule has 5 nitrogen and oxygen atoms in total. The molecule has 0 amide bonds. The maximum atomic E-state index is 5.81. The third-order valence-electron chi connectivity index (χ3n) is 5.94. The first-order valence-electron chi connectivity index (χ1n) is 11.0. The number of nitrogens with zero attached hydrogens (tertiary/aromatic N) is 4. The highest BCUT2D eigenvalue weighted by Crippen LogP contribution is 2.28. The van der Waals surface area contributed by atoms with Crippen LogP contribution in [0.4, 0.5) is 10.9 Å². The fraction of sp³-hybridized carbons (Fsp3) is 0.231. The number of benzene rings is 2. The molecule has 1 saturated heterocycles. The first-order chi connectivity index (χ1) is 15.7. The van der Waals surface area contributed by atoms with Gasteiger partial charge in [-0.3, -0.25) is 4.90 Å². The Balaban J connectivity index is 1.12. The number of piperazine rings is 1. The SMILES string of the molecule is Nc1cccc(-c2ccc(CCN3CCN(c4nc(-c5ccccc5)cs4)CC3)cc2)n1. The van der Waals surface area contributed by atoms with Gasteiger partial charge in [0.2, 0.25) is 0 Å². The topological polar surface area (TPSA) is 58.3 Å². The molecule has 5 rings (SSSR count). The summed E-state index contributed by atoms with van der Waals surface area (Å²) in [6, 6.07) is 24.9. The van der Waals surface area contributed by atoms with Gasteiger partial charge < -0.3 is 10.6 Å². The van der Waals surface area contributed by atoms with E-state index in [1.54, 1.807) is 11.3 Å². The number of pyridine rings is 1. The lowest BCUT2D eigenvalue weighted by atomic mass is 10.1. The van der Waals surface area contributed by atoms with Crippen LogP contribution in [0.5, 0.6) is 0 Å². The van der Waals surface area contributed by atoms with Crippen LogP contribution in [0.15, 0.2) is 78.2 Å². The summed E-state index contributed by atoms with van der Waals surface area (Å²) in [5, 5.41) is 3.30. The molecule has 162 valence electrons. The van der Waals surface area contributed by atoms with E-state index >= 15 is 0 Å². The van der Waals surface area contributed by atoms with Crippen molar-refractivity contribution < 1.29 is 0 Å². The quantitative estimate of drug-likeness (QED) is 0.465. The molecule has 4 aromatic rings. The van der Waals surface area contributed by atoms with E-state index in [9.17, 15) is 0 Å². The number of hydrogen-bond acceptors (Lipinski definition) is 6. The van der Waals surface area contributed by atoms with E-state index in [-0.39, 0.29) is 0 Å². The highest BCUT2D eigenvalue weighted by Gasteiger charge is 2.19. The van der Waals surface area contributed by atoms with Crippen molar-refractivity contribution in [3.05, 3.63) is 83.7 Å². The van der Waals surface area contributed by atoms with Gasteiger partial charge in [-0.1, -0.05) is 60.7 Å². The molecule has 0 saturated carbocycles. The molecule has 0 spiro atoms. The van der Waals surface area contributed by atoms with Gasteiger partial charge in [-0.15, -0.1) is 11.3 Å². The molecule has 1 aliphatic heterocycles. The number of aromatic nitrogens is 2. The number of thiazole rings is 1. The molecular weight excluding hydrogens is 414 g/mol. The lowest BCUT2D eigenvalue weighted by molar-refractivity contribution is 0.261. The molecule has 1 fully saturated rings. The summed E-state index contributed by atoms with van der Waals surface area (Å²) >= 11 is 1.75. The molecule has 2 aromatic carbocycles. The minimum absolute atomic E-state index is 0.555. The van der Waals surface area contributed by atoms with E-state index in [0.717, 1.165) is 61.2 Å². The first-order valence-corrected chi connectivity index (χ1v) is 11.9. The standard InChI is InChI=1S/C26H27N5S/c27-25-8-4-7-23(28-25)22-11-9-20(10-12-22)13-14-30-15-17-31(18-16-30)26-29-24(19-32-26)21-5-2-1-3-6-21/h1-12,19H,13-18H2,(H2,27,28). The molecule has 6 heteroatoms. The summed E-state index contributed by atoms with van der Waals surface area (Å²) in [4.78, 5) is 14.2. The van der Waals surface area contributed by atoms with Crippen LogP contribution in [0.2, 0.25) is 0 Å². The van der Waals surface area contributed by atoms with Crippen LogP contribution in [-0.4, -0.2) is 47.6 Å². The molecule has 0 atom stereocenters. The van der Waals surface area contributed by atoms with Crippen LogP contribution >= 0.6 is 11.3 Å². The first kappa shape index (κ1) is 20.7. The Bertz CT molecular complexity index is 1150. The van der Waals surface area contributed by atoms with Crippen molar-refractivity contribution in [1.82, 2.24) is 14.9 Å². The molecular formula is C26H27N5S. The molecule has 2 aromatic heterocycles. The predicted molar refractivity (Wildman–Crippen MR) is 134 cm³/mol. The molecule has 3 heterocycles. The van der Waals surface area contributed by atoms with Gasteiger partial charge >= 0.3 is 0 Å². The van der Waals surface area contributed by atoms with Crippen molar-refractivity contribution >= 4 is 22.3 Å². The summed E-state index contributed by atoms with van der Waals surface area (Å²) in [6.45, 7) is 5.29. The van der Waals surface area contributed by atoms with Crippen molar-refractivity contribution in [2.75, 3.05) is 43.4 Å². The highest BCUT2D eigenvalue weighted by atomic mass is 32.1. The molecule has 32 heavy (non-hydrogen) atoms. The molecule has 0 radical (unpaired) electrons. The summed E-state index contributed by atoms with van der Waals surface area (Å²) in [6.07, 6.45) is 1.06.